The number of hydrogen-bond donors (Lipinski definition) is 0. The Bertz CT molecular complexity index is 3410. The summed E-state index contributed by atoms with van der Waals surface area (Å²) in [6, 6.07) is 55.3. The van der Waals surface area contributed by atoms with Crippen LogP contribution in [-0.4, -0.2) is 115 Å². The minimum atomic E-state index is -1.45. The van der Waals surface area contributed by atoms with Crippen molar-refractivity contribution in [2.24, 2.45) is 0 Å². The fourth-order valence-electron chi connectivity index (χ4n) is 10.4. The van der Waals surface area contributed by atoms with Crippen molar-refractivity contribution in [2.45, 2.75) is 49.9 Å². The normalized spacial score (nSPS) is 14.5. The third-order valence-corrected chi connectivity index (χ3v) is 14.7. The van der Waals surface area contributed by atoms with Crippen LogP contribution in [0.15, 0.2) is 218 Å². The Morgan fingerprint density at radius 1 is 0.233 bits per heavy atom. The average Bonchev–Trinajstić information content (AvgIpc) is 1.81. The molecule has 20 nitrogen and oxygen atoms in total. The number of aliphatic carboxylic acids is 4. The molecule has 0 bridgehead atoms. The summed E-state index contributed by atoms with van der Waals surface area (Å²) in [5.41, 5.74) is 4.69. The second-order valence-corrected chi connectivity index (χ2v) is 20.2. The molecule has 22 heteroatoms. The van der Waals surface area contributed by atoms with E-state index in [9.17, 15) is 78.0 Å². The summed E-state index contributed by atoms with van der Waals surface area (Å²) in [7, 11) is 0. The van der Waals surface area contributed by atoms with Gasteiger partial charge >= 0.3 is 39.0 Å². The minimum Gasteiger partial charge on any atom is -0.548 e. The maximum Gasteiger partial charge on any atom is 2.00 e. The first-order chi connectivity index (χ1) is 42.4. The fraction of sp³-hybridized carbons (Fsp3) is 0.118. The molecule has 4 aliphatic rings. The molecule has 4 atom stereocenters. The summed E-state index contributed by atoms with van der Waals surface area (Å²) in [4.78, 5) is 148. The number of carboxylic acids is 4. The van der Waals surface area contributed by atoms with Crippen molar-refractivity contribution in [2.75, 3.05) is 0 Å². The molecule has 8 aromatic rings. The number of carbonyl (C=O) groups is 12. The number of carboxylic acid groups (broad SMARTS) is 4. The summed E-state index contributed by atoms with van der Waals surface area (Å²) in [5, 5.41) is 45.9. The molecule has 0 spiro atoms. The van der Waals surface area contributed by atoms with Gasteiger partial charge in [-0.2, -0.15) is 0 Å². The van der Waals surface area contributed by atoms with Gasteiger partial charge in [0.2, 0.25) is 0 Å². The van der Waals surface area contributed by atoms with Gasteiger partial charge in [0.15, 0.2) is 0 Å². The summed E-state index contributed by atoms with van der Waals surface area (Å²) in [5.74, 6) is -10.5. The summed E-state index contributed by atoms with van der Waals surface area (Å²) >= 11 is 0. The average molecular weight is 1380 g/mol. The molecule has 0 aromatic heterocycles. The molecule has 0 aliphatic carbocycles. The molecule has 2 radical (unpaired) electrons. The van der Waals surface area contributed by atoms with Crippen LogP contribution in [0.1, 0.15) is 105 Å². The Morgan fingerprint density at radius 2 is 0.356 bits per heavy atom. The number of carbonyl (C=O) groups excluding carboxylic acids is 12. The maximum absolute atomic E-state index is 12.4. The molecule has 4 heterocycles. The van der Waals surface area contributed by atoms with Gasteiger partial charge in [0.1, 0.15) is 0 Å². The quantitative estimate of drug-likeness (QED) is 0.0991. The molecule has 454 valence electrons. The van der Waals surface area contributed by atoms with Crippen molar-refractivity contribution in [3.05, 3.63) is 285 Å². The van der Waals surface area contributed by atoms with Crippen LogP contribution in [-0.2, 0) is 83.8 Å². The second kappa shape index (κ2) is 29.9. The maximum atomic E-state index is 12.4. The van der Waals surface area contributed by atoms with Gasteiger partial charge in [-0.15, -0.1) is 0 Å². The van der Waals surface area contributed by atoms with Gasteiger partial charge in [0.05, 0.1) is 92.6 Å². The fourth-order valence-corrected chi connectivity index (χ4v) is 10.4. The standard InChI is InChI=1S/4C17H13NO4.2Rh/c4*19-15-12-8-4-5-9-13(12)16(20)18(15)14(17(21)22)10-11-6-2-1-3-7-11;;/h4*1-9,14H,10H2,(H,21,22);;/q;;;;2*+2/p-4/t4*14-;;/m0000../s1. The van der Waals surface area contributed by atoms with Crippen LogP contribution in [0.3, 0.4) is 0 Å². The zero-order valence-electron chi connectivity index (χ0n) is 46.9. The molecule has 90 heavy (non-hydrogen) atoms. The first-order valence-corrected chi connectivity index (χ1v) is 27.2. The van der Waals surface area contributed by atoms with Crippen LogP contribution in [0.25, 0.3) is 0 Å². The molecule has 0 N–H and O–H groups in total. The van der Waals surface area contributed by atoms with Gasteiger partial charge in [-0.3, -0.25) is 58.0 Å². The zero-order valence-corrected chi connectivity index (χ0v) is 50.2. The number of nitrogens with zero attached hydrogens (tertiary/aromatic N) is 4. The van der Waals surface area contributed by atoms with E-state index >= 15 is 0 Å². The van der Waals surface area contributed by atoms with Gasteiger partial charge in [-0.25, -0.2) is 0 Å². The van der Waals surface area contributed by atoms with Crippen molar-refractivity contribution >= 4 is 71.1 Å². The second-order valence-electron chi connectivity index (χ2n) is 20.2. The molecule has 0 fully saturated rings. The van der Waals surface area contributed by atoms with E-state index in [4.69, 9.17) is 0 Å². The molecule has 0 saturated heterocycles. The Morgan fingerprint density at radius 3 is 0.478 bits per heavy atom. The van der Waals surface area contributed by atoms with Crippen LogP contribution >= 0.6 is 0 Å². The number of rotatable bonds is 16. The van der Waals surface area contributed by atoms with Gasteiger partial charge in [0.25, 0.3) is 47.3 Å². The SMILES string of the molecule is O=C([O-])[C@H](Cc1ccccc1)N1C(=O)c2ccccc2C1=O.O=C([O-])[C@H](Cc1ccccc1)N1C(=O)c2ccccc2C1=O.O=C([O-])[C@H](Cc1ccccc1)N1C(=O)c2ccccc2C1=O.O=C([O-])[C@H](Cc1ccccc1)N1C(=O)c2ccccc2C1=O.[Rh+2].[Rh+2]. The van der Waals surface area contributed by atoms with Gasteiger partial charge in [-0.1, -0.05) is 170 Å². The van der Waals surface area contributed by atoms with Crippen LogP contribution in [0, 0.1) is 0 Å². The van der Waals surface area contributed by atoms with Crippen molar-refractivity contribution in [1.82, 2.24) is 19.6 Å². The number of imide groups is 4. The molecular weight excluding hydrogens is 1330 g/mol. The van der Waals surface area contributed by atoms with E-state index in [1.807, 2.05) is 0 Å². The minimum absolute atomic E-state index is 0. The number of fused-ring (bicyclic) bond motifs is 4. The van der Waals surface area contributed by atoms with E-state index < -0.39 is 95.3 Å². The smallest absolute Gasteiger partial charge is 0.548 e. The molecule has 0 saturated carbocycles. The van der Waals surface area contributed by atoms with Crippen LogP contribution in [0.2, 0.25) is 0 Å². The van der Waals surface area contributed by atoms with Gasteiger partial charge in [-0.05, 0) is 96.5 Å². The topological polar surface area (TPSA) is 310 Å². The van der Waals surface area contributed by atoms with Crippen molar-refractivity contribution in [1.29, 1.82) is 0 Å². The first-order valence-electron chi connectivity index (χ1n) is 27.2. The summed E-state index contributed by atoms with van der Waals surface area (Å²) in [6.07, 6.45) is 0.0898. The summed E-state index contributed by atoms with van der Waals surface area (Å²) < 4.78 is 0. The Hall–Kier alpha value is -10.6. The molecule has 0 unspecified atom stereocenters. The first kappa shape index (κ1) is 67.0. The molecule has 8 aromatic carbocycles. The monoisotopic (exact) mass is 1380 g/mol. The third kappa shape index (κ3) is 14.4. The Kier molecular flexibility index (Phi) is 22.2. The molecule has 8 amide bonds. The van der Waals surface area contributed by atoms with E-state index in [1.165, 1.54) is 48.5 Å². The largest absolute Gasteiger partial charge is 2.00 e. The van der Waals surface area contributed by atoms with Crippen LogP contribution in [0.5, 0.6) is 0 Å². The molecule has 12 rings (SSSR count). The number of benzene rings is 8. The Balaban J connectivity index is 0.000000169. The van der Waals surface area contributed by atoms with Crippen molar-refractivity contribution < 1.29 is 117 Å². The number of hydrogen-bond acceptors (Lipinski definition) is 16. The van der Waals surface area contributed by atoms with E-state index in [0.29, 0.717) is 22.3 Å². The number of amides is 8. The van der Waals surface area contributed by atoms with Crippen LogP contribution < -0.4 is 20.4 Å². The zero-order chi connectivity index (χ0) is 62.8. The summed E-state index contributed by atoms with van der Waals surface area (Å²) in [6.45, 7) is 0. The van der Waals surface area contributed by atoms with Gasteiger partial charge < -0.3 is 39.6 Å². The van der Waals surface area contributed by atoms with E-state index in [0.717, 1.165) is 19.6 Å². The molecular formula is C68H48N4O16Rh2. The third-order valence-electron chi connectivity index (χ3n) is 14.7. The van der Waals surface area contributed by atoms with Crippen molar-refractivity contribution in [3.8, 4) is 0 Å². The van der Waals surface area contributed by atoms with E-state index in [1.54, 1.807) is 170 Å². The predicted octanol–water partition coefficient (Wildman–Crippen LogP) is 2.57. The Labute approximate surface area is 539 Å². The van der Waals surface area contributed by atoms with Gasteiger partial charge in [0, 0.05) is 0 Å². The van der Waals surface area contributed by atoms with E-state index in [-0.39, 0.29) is 109 Å². The van der Waals surface area contributed by atoms with Crippen LogP contribution in [0.4, 0.5) is 0 Å². The molecule has 4 aliphatic heterocycles. The van der Waals surface area contributed by atoms with E-state index in [2.05, 4.69) is 0 Å². The van der Waals surface area contributed by atoms with Crippen molar-refractivity contribution in [3.63, 3.8) is 0 Å². The predicted molar refractivity (Wildman–Crippen MR) is 304 cm³/mol.